The van der Waals surface area contributed by atoms with Gasteiger partial charge in [-0.25, -0.2) is 4.79 Å². The summed E-state index contributed by atoms with van der Waals surface area (Å²) in [7, 11) is 3.60. The minimum Gasteiger partial charge on any atom is -0.481 e. The van der Waals surface area contributed by atoms with Crippen LogP contribution in [-0.2, 0) is 9.59 Å². The van der Waals surface area contributed by atoms with E-state index in [9.17, 15) is 9.59 Å². The van der Waals surface area contributed by atoms with Gasteiger partial charge < -0.3 is 36.2 Å². The molecule has 1 unspecified atom stereocenters. The Bertz CT molecular complexity index is 204. The Labute approximate surface area is 111 Å². The van der Waals surface area contributed by atoms with E-state index in [1.54, 1.807) is 14.1 Å². The van der Waals surface area contributed by atoms with Gasteiger partial charge in [0.25, 0.3) is 0 Å². The smallest absolute Gasteiger partial charge is 0.333 e. The van der Waals surface area contributed by atoms with Crippen molar-refractivity contribution in [2.24, 2.45) is 0 Å². The van der Waals surface area contributed by atoms with E-state index in [4.69, 9.17) is 25.5 Å². The van der Waals surface area contributed by atoms with Crippen LogP contribution in [0, 0.1) is 0 Å². The molecule has 0 aliphatic heterocycles. The Kier molecular flexibility index (Phi) is 23.0. The molecule has 7 N–H and O–H groups in total. The molecule has 0 rings (SSSR count). The average Bonchev–Trinajstić information content (AvgIpc) is 2.31. The zero-order chi connectivity index (χ0) is 15.7. The standard InChI is InChI=1S/C4H6O5.2C3H9NO/c5-2(4(8)9)1-3(6)7;2*1-4-2-3-5/h2,5H,1H2,(H,6,7)(H,8,9);2*4-5H,2-3H2,1H3. The van der Waals surface area contributed by atoms with Crippen LogP contribution in [0.1, 0.15) is 6.42 Å². The highest BCUT2D eigenvalue weighted by molar-refractivity contribution is 5.79. The molecule has 0 aliphatic carbocycles. The van der Waals surface area contributed by atoms with Crippen LogP contribution in [0.15, 0.2) is 0 Å². The van der Waals surface area contributed by atoms with E-state index < -0.39 is 24.5 Å². The first-order valence-electron chi connectivity index (χ1n) is 5.50. The maximum absolute atomic E-state index is 9.72. The highest BCUT2D eigenvalue weighted by Crippen LogP contribution is 1.89. The van der Waals surface area contributed by atoms with E-state index in [-0.39, 0.29) is 13.2 Å². The van der Waals surface area contributed by atoms with Crippen molar-refractivity contribution in [2.75, 3.05) is 40.4 Å². The van der Waals surface area contributed by atoms with Crippen molar-refractivity contribution in [3.63, 3.8) is 0 Å². The summed E-state index contributed by atoms with van der Waals surface area (Å²) in [5.41, 5.74) is 0. The van der Waals surface area contributed by atoms with E-state index in [0.717, 1.165) is 0 Å². The molecule has 9 nitrogen and oxygen atoms in total. The topological polar surface area (TPSA) is 159 Å². The third kappa shape index (κ3) is 31.5. The van der Waals surface area contributed by atoms with E-state index in [1.165, 1.54) is 0 Å². The third-order valence-corrected chi connectivity index (χ3v) is 1.38. The lowest BCUT2D eigenvalue weighted by molar-refractivity contribution is -0.152. The number of carboxylic acids is 2. The largest absolute Gasteiger partial charge is 0.481 e. The first-order valence-corrected chi connectivity index (χ1v) is 5.50. The third-order valence-electron chi connectivity index (χ3n) is 1.38. The van der Waals surface area contributed by atoms with Gasteiger partial charge in [0.1, 0.15) is 0 Å². The van der Waals surface area contributed by atoms with Crippen LogP contribution >= 0.6 is 0 Å². The van der Waals surface area contributed by atoms with Gasteiger partial charge in [0.15, 0.2) is 6.10 Å². The van der Waals surface area contributed by atoms with Crippen LogP contribution in [0.25, 0.3) is 0 Å². The molecule has 0 aromatic carbocycles. The lowest BCUT2D eigenvalue weighted by atomic mass is 10.3. The number of likely N-dealkylation sites (N-methyl/N-ethyl adjacent to an activating group) is 2. The first-order chi connectivity index (χ1) is 8.87. The minimum absolute atomic E-state index is 0.233. The molecule has 0 bridgehead atoms. The van der Waals surface area contributed by atoms with Crippen molar-refractivity contribution in [1.82, 2.24) is 10.6 Å². The summed E-state index contributed by atoms with van der Waals surface area (Å²) in [5.74, 6) is -2.85. The molecule has 0 fully saturated rings. The van der Waals surface area contributed by atoms with Crippen LogP contribution in [0.5, 0.6) is 0 Å². The monoisotopic (exact) mass is 284 g/mol. The normalized spacial score (nSPS) is 10.4. The Hall–Kier alpha value is -1.26. The maximum atomic E-state index is 9.72. The molecule has 0 aliphatic rings. The summed E-state index contributed by atoms with van der Waals surface area (Å²) < 4.78 is 0. The molecule has 0 aromatic rings. The highest BCUT2D eigenvalue weighted by atomic mass is 16.4. The summed E-state index contributed by atoms with van der Waals surface area (Å²) in [5, 5.41) is 45.7. The molecular weight excluding hydrogens is 260 g/mol. The number of aliphatic carboxylic acids is 2. The summed E-state index contributed by atoms with van der Waals surface area (Å²) in [4.78, 5) is 19.4. The summed E-state index contributed by atoms with van der Waals surface area (Å²) in [6.45, 7) is 1.85. The van der Waals surface area contributed by atoms with Gasteiger partial charge in [-0.1, -0.05) is 0 Å². The molecule has 0 aromatic heterocycles. The molecule has 1 atom stereocenters. The lowest BCUT2D eigenvalue weighted by Gasteiger charge is -1.97. The maximum Gasteiger partial charge on any atom is 0.333 e. The highest BCUT2D eigenvalue weighted by Gasteiger charge is 2.16. The van der Waals surface area contributed by atoms with E-state index in [0.29, 0.717) is 13.1 Å². The Morgan fingerprint density at radius 1 is 1.00 bits per heavy atom. The molecule has 116 valence electrons. The predicted octanol–water partition coefficient (Wildman–Crippen LogP) is -2.70. The summed E-state index contributed by atoms with van der Waals surface area (Å²) in [6.07, 6.45) is -2.54. The summed E-state index contributed by atoms with van der Waals surface area (Å²) in [6, 6.07) is 0. The number of aliphatic hydroxyl groups is 3. The SMILES string of the molecule is CNCCO.CNCCO.O=C(O)CC(O)C(=O)O. The summed E-state index contributed by atoms with van der Waals surface area (Å²) >= 11 is 0. The number of hydrogen-bond acceptors (Lipinski definition) is 7. The van der Waals surface area contributed by atoms with Crippen LogP contribution in [0.4, 0.5) is 0 Å². The molecule has 19 heavy (non-hydrogen) atoms. The second-order valence-corrected chi connectivity index (χ2v) is 3.11. The first kappa shape index (κ1) is 22.9. The minimum atomic E-state index is -1.79. The molecule has 0 amide bonds. The van der Waals surface area contributed by atoms with Crippen LogP contribution in [-0.4, -0.2) is 84.0 Å². The Balaban J connectivity index is -0.000000219. The fourth-order valence-electron chi connectivity index (χ4n) is 0.476. The van der Waals surface area contributed by atoms with Crippen LogP contribution in [0.3, 0.4) is 0 Å². The zero-order valence-corrected chi connectivity index (χ0v) is 11.2. The van der Waals surface area contributed by atoms with Gasteiger partial charge in [0, 0.05) is 13.1 Å². The fourth-order valence-corrected chi connectivity index (χ4v) is 0.476. The number of aliphatic hydroxyl groups excluding tert-OH is 3. The number of carboxylic acid groups (broad SMARTS) is 2. The van der Waals surface area contributed by atoms with Crippen molar-refractivity contribution < 1.29 is 35.1 Å². The Morgan fingerprint density at radius 2 is 1.37 bits per heavy atom. The molecule has 0 spiro atoms. The van der Waals surface area contributed by atoms with Gasteiger partial charge in [-0.15, -0.1) is 0 Å². The average molecular weight is 284 g/mol. The van der Waals surface area contributed by atoms with E-state index in [2.05, 4.69) is 10.6 Å². The fraction of sp³-hybridized carbons (Fsp3) is 0.800. The predicted molar refractivity (Wildman–Crippen MR) is 67.9 cm³/mol. The number of hydrogen-bond donors (Lipinski definition) is 7. The quantitative estimate of drug-likeness (QED) is 0.264. The number of carbonyl (C=O) groups is 2. The van der Waals surface area contributed by atoms with Crippen molar-refractivity contribution in [3.05, 3.63) is 0 Å². The molecule has 9 heteroatoms. The van der Waals surface area contributed by atoms with Crippen molar-refractivity contribution in [1.29, 1.82) is 0 Å². The lowest BCUT2D eigenvalue weighted by Crippen LogP contribution is -2.22. The van der Waals surface area contributed by atoms with Gasteiger partial charge >= 0.3 is 11.9 Å². The number of rotatable bonds is 7. The molecule has 0 radical (unpaired) electrons. The van der Waals surface area contributed by atoms with E-state index >= 15 is 0 Å². The van der Waals surface area contributed by atoms with Gasteiger partial charge in [-0.3, -0.25) is 4.79 Å². The van der Waals surface area contributed by atoms with Crippen molar-refractivity contribution in [3.8, 4) is 0 Å². The number of nitrogens with one attached hydrogen (secondary N) is 2. The van der Waals surface area contributed by atoms with E-state index in [1.807, 2.05) is 0 Å². The molecule has 0 saturated heterocycles. The van der Waals surface area contributed by atoms with Crippen molar-refractivity contribution in [2.45, 2.75) is 12.5 Å². The van der Waals surface area contributed by atoms with Gasteiger partial charge in [-0.2, -0.15) is 0 Å². The van der Waals surface area contributed by atoms with Gasteiger partial charge in [0.05, 0.1) is 19.6 Å². The second-order valence-electron chi connectivity index (χ2n) is 3.11. The Morgan fingerprint density at radius 3 is 1.42 bits per heavy atom. The van der Waals surface area contributed by atoms with Crippen LogP contribution in [0.2, 0.25) is 0 Å². The molecule has 0 saturated carbocycles. The van der Waals surface area contributed by atoms with Gasteiger partial charge in [-0.05, 0) is 14.1 Å². The van der Waals surface area contributed by atoms with Crippen molar-refractivity contribution >= 4 is 11.9 Å². The molecular formula is C10H24N2O7. The van der Waals surface area contributed by atoms with Crippen LogP contribution < -0.4 is 10.6 Å². The zero-order valence-electron chi connectivity index (χ0n) is 11.2. The van der Waals surface area contributed by atoms with Gasteiger partial charge in [0.2, 0.25) is 0 Å². The molecule has 0 heterocycles. The second kappa shape index (κ2) is 19.1.